The minimum Gasteiger partial charge on any atom is -0.302 e. The van der Waals surface area contributed by atoms with Crippen molar-refractivity contribution in [3.05, 3.63) is 47.2 Å². The molecule has 0 radical (unpaired) electrons. The first-order chi connectivity index (χ1) is 11.5. The van der Waals surface area contributed by atoms with Gasteiger partial charge in [-0.1, -0.05) is 33.8 Å². The monoisotopic (exact) mass is 427 g/mol. The average Bonchev–Trinajstić information content (AvgIpc) is 3.32. The molecule has 1 fully saturated rings. The van der Waals surface area contributed by atoms with Gasteiger partial charge in [-0.15, -0.1) is 16.8 Å². The molecular formula is C16H18BrN3O2S2. The summed E-state index contributed by atoms with van der Waals surface area (Å²) < 4.78 is 27.7. The van der Waals surface area contributed by atoms with Gasteiger partial charge in [-0.25, -0.2) is 8.42 Å². The third-order valence-electron chi connectivity index (χ3n) is 3.76. The standard InChI is InChI=1S/C16H18BrN3O2S2/c1-2-9-20-15(12-3-4-12)18-19-16(20)23-10-11-24(21,22)14-7-5-13(17)6-8-14/h2,5-8,12H,1,3-4,9-11H2. The van der Waals surface area contributed by atoms with E-state index >= 15 is 0 Å². The maximum atomic E-state index is 12.4. The third-order valence-corrected chi connectivity index (χ3v) is 7.24. The molecule has 3 rings (SSSR count). The maximum Gasteiger partial charge on any atom is 0.191 e. The van der Waals surface area contributed by atoms with Crippen LogP contribution >= 0.6 is 27.7 Å². The Bertz CT molecular complexity index is 828. The zero-order valence-electron chi connectivity index (χ0n) is 13.1. The van der Waals surface area contributed by atoms with Gasteiger partial charge in [-0.3, -0.25) is 0 Å². The number of allylic oxidation sites excluding steroid dienone is 1. The van der Waals surface area contributed by atoms with Crippen molar-refractivity contribution in [1.82, 2.24) is 14.8 Å². The number of rotatable bonds is 8. The van der Waals surface area contributed by atoms with E-state index in [1.165, 1.54) is 11.8 Å². The van der Waals surface area contributed by atoms with Crippen molar-refractivity contribution in [1.29, 1.82) is 0 Å². The summed E-state index contributed by atoms with van der Waals surface area (Å²) in [5.41, 5.74) is 0. The molecule has 0 saturated heterocycles. The minimum absolute atomic E-state index is 0.0685. The molecule has 128 valence electrons. The van der Waals surface area contributed by atoms with E-state index in [1.54, 1.807) is 24.3 Å². The SMILES string of the molecule is C=CCn1c(SCCS(=O)(=O)c2ccc(Br)cc2)nnc1C1CC1. The molecule has 0 atom stereocenters. The Morgan fingerprint density at radius 3 is 2.62 bits per heavy atom. The number of aromatic nitrogens is 3. The zero-order chi connectivity index (χ0) is 17.2. The number of halogens is 1. The van der Waals surface area contributed by atoms with Crippen LogP contribution in [0, 0.1) is 0 Å². The molecule has 1 aromatic heterocycles. The van der Waals surface area contributed by atoms with Gasteiger partial charge in [0, 0.05) is 22.7 Å². The van der Waals surface area contributed by atoms with Crippen LogP contribution in [0.4, 0.5) is 0 Å². The number of sulfone groups is 1. The molecule has 24 heavy (non-hydrogen) atoms. The Hall–Kier alpha value is -1.12. The second-order valence-electron chi connectivity index (χ2n) is 5.64. The molecule has 0 amide bonds. The summed E-state index contributed by atoms with van der Waals surface area (Å²) in [6.07, 6.45) is 4.12. The molecule has 0 aliphatic heterocycles. The van der Waals surface area contributed by atoms with E-state index in [2.05, 4.69) is 32.7 Å². The highest BCUT2D eigenvalue weighted by atomic mass is 79.9. The number of benzene rings is 1. The van der Waals surface area contributed by atoms with Crippen molar-refractivity contribution < 1.29 is 8.42 Å². The van der Waals surface area contributed by atoms with Gasteiger partial charge in [0.15, 0.2) is 15.0 Å². The molecule has 1 aliphatic carbocycles. The molecule has 0 N–H and O–H groups in total. The van der Waals surface area contributed by atoms with Crippen molar-refractivity contribution in [2.75, 3.05) is 11.5 Å². The van der Waals surface area contributed by atoms with Gasteiger partial charge in [-0.2, -0.15) is 0 Å². The predicted molar refractivity (Wildman–Crippen MR) is 99.1 cm³/mol. The first-order valence-electron chi connectivity index (χ1n) is 7.66. The lowest BCUT2D eigenvalue weighted by molar-refractivity contribution is 0.597. The van der Waals surface area contributed by atoms with Gasteiger partial charge in [-0.05, 0) is 37.1 Å². The molecule has 5 nitrogen and oxygen atoms in total. The van der Waals surface area contributed by atoms with Crippen LogP contribution in [-0.4, -0.2) is 34.7 Å². The molecule has 1 saturated carbocycles. The van der Waals surface area contributed by atoms with E-state index in [4.69, 9.17) is 0 Å². The Labute approximate surface area is 154 Å². The van der Waals surface area contributed by atoms with Crippen LogP contribution in [0.1, 0.15) is 24.6 Å². The van der Waals surface area contributed by atoms with Gasteiger partial charge < -0.3 is 4.57 Å². The maximum absolute atomic E-state index is 12.4. The highest BCUT2D eigenvalue weighted by Gasteiger charge is 2.30. The van der Waals surface area contributed by atoms with Crippen LogP contribution in [-0.2, 0) is 16.4 Å². The summed E-state index contributed by atoms with van der Waals surface area (Å²) in [6, 6.07) is 6.72. The predicted octanol–water partition coefficient (Wildman–Crippen LogP) is 3.67. The first-order valence-corrected chi connectivity index (χ1v) is 11.1. The zero-order valence-corrected chi connectivity index (χ0v) is 16.3. The molecule has 2 aromatic rings. The van der Waals surface area contributed by atoms with Gasteiger partial charge in [0.05, 0.1) is 10.6 Å². The fourth-order valence-electron chi connectivity index (χ4n) is 2.35. The average molecular weight is 428 g/mol. The van der Waals surface area contributed by atoms with Crippen LogP contribution in [0.5, 0.6) is 0 Å². The number of hydrogen-bond donors (Lipinski definition) is 0. The molecule has 0 spiro atoms. The normalized spacial score (nSPS) is 14.7. The van der Waals surface area contributed by atoms with E-state index in [1.807, 2.05) is 10.6 Å². The van der Waals surface area contributed by atoms with E-state index in [9.17, 15) is 8.42 Å². The Morgan fingerprint density at radius 1 is 1.29 bits per heavy atom. The fraction of sp³-hybridized carbons (Fsp3) is 0.375. The molecular weight excluding hydrogens is 410 g/mol. The second-order valence-corrected chi connectivity index (χ2v) is 9.72. The van der Waals surface area contributed by atoms with Crippen molar-refractivity contribution in [3.63, 3.8) is 0 Å². The third kappa shape index (κ3) is 4.10. The summed E-state index contributed by atoms with van der Waals surface area (Å²) in [5, 5.41) is 9.26. The topological polar surface area (TPSA) is 64.8 Å². The summed E-state index contributed by atoms with van der Waals surface area (Å²) in [6.45, 7) is 4.43. The summed E-state index contributed by atoms with van der Waals surface area (Å²) in [5.74, 6) is 2.00. The number of nitrogens with zero attached hydrogens (tertiary/aromatic N) is 3. The van der Waals surface area contributed by atoms with E-state index in [0.29, 0.717) is 23.1 Å². The molecule has 0 bridgehead atoms. The summed E-state index contributed by atoms with van der Waals surface area (Å²) in [4.78, 5) is 0.345. The van der Waals surface area contributed by atoms with E-state index < -0.39 is 9.84 Å². The first kappa shape index (κ1) is 17.7. The summed E-state index contributed by atoms with van der Waals surface area (Å²) in [7, 11) is -3.29. The highest BCUT2D eigenvalue weighted by Crippen LogP contribution is 2.40. The van der Waals surface area contributed by atoms with Crippen LogP contribution in [0.3, 0.4) is 0 Å². The largest absolute Gasteiger partial charge is 0.302 e. The highest BCUT2D eigenvalue weighted by molar-refractivity contribution is 9.10. The van der Waals surface area contributed by atoms with Crippen molar-refractivity contribution >= 4 is 37.5 Å². The van der Waals surface area contributed by atoms with E-state index in [0.717, 1.165) is 28.3 Å². The molecule has 1 aromatic carbocycles. The van der Waals surface area contributed by atoms with Crippen LogP contribution < -0.4 is 0 Å². The van der Waals surface area contributed by atoms with Gasteiger partial charge in [0.25, 0.3) is 0 Å². The lowest BCUT2D eigenvalue weighted by Gasteiger charge is -2.07. The minimum atomic E-state index is -3.29. The van der Waals surface area contributed by atoms with Crippen LogP contribution in [0.25, 0.3) is 0 Å². The van der Waals surface area contributed by atoms with Crippen molar-refractivity contribution in [2.24, 2.45) is 0 Å². The van der Waals surface area contributed by atoms with Gasteiger partial charge in [0.2, 0.25) is 0 Å². The van der Waals surface area contributed by atoms with E-state index in [-0.39, 0.29) is 5.75 Å². The quantitative estimate of drug-likeness (QED) is 0.474. The number of hydrogen-bond acceptors (Lipinski definition) is 5. The Kier molecular flexibility index (Phi) is 5.46. The van der Waals surface area contributed by atoms with Gasteiger partial charge in [0.1, 0.15) is 5.82 Å². The molecule has 1 heterocycles. The Morgan fingerprint density at radius 2 is 2.00 bits per heavy atom. The molecule has 8 heteroatoms. The van der Waals surface area contributed by atoms with Gasteiger partial charge >= 0.3 is 0 Å². The second kappa shape index (κ2) is 7.41. The molecule has 1 aliphatic rings. The van der Waals surface area contributed by atoms with Crippen LogP contribution in [0.15, 0.2) is 51.4 Å². The fourth-order valence-corrected chi connectivity index (χ4v) is 5.22. The number of thioether (sulfide) groups is 1. The van der Waals surface area contributed by atoms with Crippen LogP contribution in [0.2, 0.25) is 0 Å². The smallest absolute Gasteiger partial charge is 0.191 e. The van der Waals surface area contributed by atoms with Crippen molar-refractivity contribution in [3.8, 4) is 0 Å². The van der Waals surface area contributed by atoms with Crippen molar-refractivity contribution in [2.45, 2.75) is 35.4 Å². The Balaban J connectivity index is 1.65. The lowest BCUT2D eigenvalue weighted by Crippen LogP contribution is -2.10. The summed E-state index contributed by atoms with van der Waals surface area (Å²) >= 11 is 4.74. The molecule has 0 unspecified atom stereocenters. The lowest BCUT2D eigenvalue weighted by atomic mass is 10.4.